The monoisotopic (exact) mass is 343 g/mol. The molecular weight excluding hydrogens is 326 g/mol. The number of ether oxygens (including phenoxy) is 1. The molecule has 0 aromatic carbocycles. The lowest BCUT2D eigenvalue weighted by molar-refractivity contribution is -0.0383. The number of morpholine rings is 1. The normalized spacial score (nSPS) is 30.7. The Labute approximate surface area is 126 Å². The summed E-state index contributed by atoms with van der Waals surface area (Å²) in [6, 6.07) is 1.64. The molecule has 1 N–H and O–H groups in total. The van der Waals surface area contributed by atoms with Gasteiger partial charge in [0.25, 0.3) is 5.91 Å². The maximum Gasteiger partial charge on any atom is 0.257 e. The Morgan fingerprint density at radius 3 is 2.95 bits per heavy atom. The number of aliphatic hydroxyl groups excluding tert-OH is 1. The van der Waals surface area contributed by atoms with Crippen molar-refractivity contribution in [2.24, 2.45) is 5.92 Å². The van der Waals surface area contributed by atoms with Gasteiger partial charge in [-0.2, -0.15) is 0 Å². The van der Waals surface area contributed by atoms with Crippen LogP contribution in [0.1, 0.15) is 29.6 Å². The van der Waals surface area contributed by atoms with Gasteiger partial charge in [-0.25, -0.2) is 0 Å². The van der Waals surface area contributed by atoms with Crippen molar-refractivity contribution in [1.29, 1.82) is 0 Å². The topological polar surface area (TPSA) is 62.9 Å². The summed E-state index contributed by atoms with van der Waals surface area (Å²) in [6.07, 6.45) is 3.92. The Morgan fingerprint density at radius 1 is 1.45 bits per heavy atom. The van der Waals surface area contributed by atoms with Gasteiger partial charge in [0.15, 0.2) is 4.67 Å². The summed E-state index contributed by atoms with van der Waals surface area (Å²) < 4.78 is 11.2. The highest BCUT2D eigenvalue weighted by Crippen LogP contribution is 2.33. The summed E-state index contributed by atoms with van der Waals surface area (Å²) in [5.41, 5.74) is 0.538. The Bertz CT molecular complexity index is 489. The summed E-state index contributed by atoms with van der Waals surface area (Å²) in [5, 5.41) is 10.1. The maximum atomic E-state index is 12.6. The second kappa shape index (κ2) is 5.87. The number of halogens is 1. The van der Waals surface area contributed by atoms with Crippen LogP contribution in [0.4, 0.5) is 0 Å². The van der Waals surface area contributed by atoms with Crippen LogP contribution in [0.3, 0.4) is 0 Å². The molecule has 0 radical (unpaired) electrons. The van der Waals surface area contributed by atoms with Crippen LogP contribution >= 0.6 is 15.9 Å². The van der Waals surface area contributed by atoms with E-state index in [4.69, 9.17) is 9.15 Å². The first-order valence-corrected chi connectivity index (χ1v) is 7.77. The number of hydrogen-bond donors (Lipinski definition) is 1. The van der Waals surface area contributed by atoms with Crippen molar-refractivity contribution >= 4 is 21.8 Å². The number of carbonyl (C=O) groups is 1. The summed E-state index contributed by atoms with van der Waals surface area (Å²) in [4.78, 5) is 14.4. The van der Waals surface area contributed by atoms with Crippen molar-refractivity contribution in [2.75, 3.05) is 19.8 Å². The highest BCUT2D eigenvalue weighted by atomic mass is 79.9. The molecule has 1 aromatic heterocycles. The van der Waals surface area contributed by atoms with Gasteiger partial charge in [0.1, 0.15) is 6.26 Å². The van der Waals surface area contributed by atoms with Crippen LogP contribution in [0.25, 0.3) is 0 Å². The van der Waals surface area contributed by atoms with Crippen molar-refractivity contribution in [3.05, 3.63) is 22.6 Å². The quantitative estimate of drug-likeness (QED) is 0.892. The molecule has 3 rings (SSSR count). The zero-order chi connectivity index (χ0) is 14.1. The molecule has 1 saturated heterocycles. The van der Waals surface area contributed by atoms with Gasteiger partial charge in [0.05, 0.1) is 30.9 Å². The summed E-state index contributed by atoms with van der Waals surface area (Å²) in [6.45, 7) is 1.62. The number of aliphatic hydroxyl groups is 1. The highest BCUT2D eigenvalue weighted by molar-refractivity contribution is 9.10. The molecule has 110 valence electrons. The molecule has 1 saturated carbocycles. The zero-order valence-electron chi connectivity index (χ0n) is 11.1. The van der Waals surface area contributed by atoms with E-state index in [1.807, 2.05) is 4.90 Å². The van der Waals surface area contributed by atoms with Gasteiger partial charge in [-0.3, -0.25) is 4.79 Å². The second-order valence-electron chi connectivity index (χ2n) is 5.44. The van der Waals surface area contributed by atoms with E-state index >= 15 is 0 Å². The average molecular weight is 344 g/mol. The first-order valence-electron chi connectivity index (χ1n) is 6.97. The molecule has 20 heavy (non-hydrogen) atoms. The number of amides is 1. The first kappa shape index (κ1) is 14.1. The van der Waals surface area contributed by atoms with Crippen molar-refractivity contribution in [3.63, 3.8) is 0 Å². The minimum Gasteiger partial charge on any atom is -0.457 e. The molecular formula is C14H18BrNO4. The van der Waals surface area contributed by atoms with Crippen molar-refractivity contribution in [1.82, 2.24) is 4.90 Å². The molecule has 0 spiro atoms. The third-order valence-corrected chi connectivity index (χ3v) is 4.68. The molecule has 5 nitrogen and oxygen atoms in total. The van der Waals surface area contributed by atoms with E-state index in [9.17, 15) is 9.90 Å². The van der Waals surface area contributed by atoms with Gasteiger partial charge in [0, 0.05) is 18.5 Å². The SMILES string of the molecule is O=C(c1coc(Br)c1)N1CCOC[C@@H]1[C@@H]1CCC[C@@H]1O. The number of rotatable bonds is 2. The molecule has 2 fully saturated rings. The van der Waals surface area contributed by atoms with Crippen LogP contribution in [0.15, 0.2) is 21.4 Å². The lowest BCUT2D eigenvalue weighted by atomic mass is 9.94. The van der Waals surface area contributed by atoms with E-state index in [0.717, 1.165) is 19.3 Å². The Hall–Kier alpha value is -0.850. The maximum absolute atomic E-state index is 12.6. The van der Waals surface area contributed by atoms with E-state index < -0.39 is 0 Å². The van der Waals surface area contributed by atoms with Crippen molar-refractivity contribution < 1.29 is 19.1 Å². The molecule has 3 atom stereocenters. The summed E-state index contributed by atoms with van der Waals surface area (Å²) in [7, 11) is 0. The van der Waals surface area contributed by atoms with Crippen LogP contribution in [-0.4, -0.2) is 47.8 Å². The molecule has 2 aliphatic rings. The van der Waals surface area contributed by atoms with Crippen LogP contribution in [0.5, 0.6) is 0 Å². The number of nitrogens with zero attached hydrogens (tertiary/aromatic N) is 1. The molecule has 0 bridgehead atoms. The molecule has 1 amide bonds. The Morgan fingerprint density at radius 2 is 2.30 bits per heavy atom. The van der Waals surface area contributed by atoms with Crippen LogP contribution in [0, 0.1) is 5.92 Å². The van der Waals surface area contributed by atoms with Gasteiger partial charge in [-0.1, -0.05) is 6.42 Å². The van der Waals surface area contributed by atoms with Crippen molar-refractivity contribution in [2.45, 2.75) is 31.4 Å². The van der Waals surface area contributed by atoms with Crippen LogP contribution in [-0.2, 0) is 4.74 Å². The van der Waals surface area contributed by atoms with E-state index in [2.05, 4.69) is 15.9 Å². The number of furan rings is 1. The molecule has 0 unspecified atom stereocenters. The fraction of sp³-hybridized carbons (Fsp3) is 0.643. The van der Waals surface area contributed by atoms with E-state index in [1.54, 1.807) is 6.07 Å². The van der Waals surface area contributed by atoms with E-state index in [-0.39, 0.29) is 24.0 Å². The van der Waals surface area contributed by atoms with Crippen LogP contribution < -0.4 is 0 Å². The fourth-order valence-corrected chi connectivity index (χ4v) is 3.58. The van der Waals surface area contributed by atoms with E-state index in [1.165, 1.54) is 6.26 Å². The Balaban J connectivity index is 1.79. The number of hydrogen-bond acceptors (Lipinski definition) is 4. The third kappa shape index (κ3) is 2.64. The molecule has 6 heteroatoms. The Kier molecular flexibility index (Phi) is 4.14. The molecule has 1 aliphatic carbocycles. The average Bonchev–Trinajstić information content (AvgIpc) is 3.07. The first-order chi connectivity index (χ1) is 9.66. The lowest BCUT2D eigenvalue weighted by Crippen LogP contribution is -2.53. The fourth-order valence-electron chi connectivity index (χ4n) is 3.24. The van der Waals surface area contributed by atoms with Gasteiger partial charge in [-0.15, -0.1) is 0 Å². The second-order valence-corrected chi connectivity index (χ2v) is 6.22. The summed E-state index contributed by atoms with van der Waals surface area (Å²) in [5.74, 6) is 0.0708. The molecule has 2 heterocycles. The summed E-state index contributed by atoms with van der Waals surface area (Å²) >= 11 is 3.21. The molecule has 1 aliphatic heterocycles. The standard InChI is InChI=1S/C14H18BrNO4/c15-13-6-9(7-20-13)14(18)16-4-5-19-8-11(16)10-2-1-3-12(10)17/h6-7,10-12,17H,1-5,8H2/t10-,11+,12-/m0/s1. The third-order valence-electron chi connectivity index (χ3n) is 4.27. The lowest BCUT2D eigenvalue weighted by Gasteiger charge is -2.39. The van der Waals surface area contributed by atoms with Crippen molar-refractivity contribution in [3.8, 4) is 0 Å². The predicted octanol–water partition coefficient (Wildman–Crippen LogP) is 2.04. The van der Waals surface area contributed by atoms with Gasteiger partial charge >= 0.3 is 0 Å². The van der Waals surface area contributed by atoms with E-state index in [0.29, 0.717) is 30.0 Å². The number of carbonyl (C=O) groups excluding carboxylic acids is 1. The minimum atomic E-state index is -0.326. The highest BCUT2D eigenvalue weighted by Gasteiger charge is 2.39. The van der Waals surface area contributed by atoms with Gasteiger partial charge in [-0.05, 0) is 28.8 Å². The van der Waals surface area contributed by atoms with Gasteiger partial charge < -0.3 is 19.2 Å². The van der Waals surface area contributed by atoms with Crippen LogP contribution in [0.2, 0.25) is 0 Å². The predicted molar refractivity (Wildman–Crippen MR) is 75.4 cm³/mol. The largest absolute Gasteiger partial charge is 0.457 e. The zero-order valence-corrected chi connectivity index (χ0v) is 12.7. The molecule has 1 aromatic rings. The van der Waals surface area contributed by atoms with Gasteiger partial charge in [0.2, 0.25) is 0 Å². The minimum absolute atomic E-state index is 0.0394. The smallest absolute Gasteiger partial charge is 0.257 e.